The zero-order valence-electron chi connectivity index (χ0n) is 15.7. The molecule has 3 heterocycles. The van der Waals surface area contributed by atoms with Gasteiger partial charge in [0, 0.05) is 44.9 Å². The van der Waals surface area contributed by atoms with Crippen molar-refractivity contribution < 1.29 is 4.74 Å². The normalized spacial score (nSPS) is 19.2. The van der Waals surface area contributed by atoms with Crippen LogP contribution in [0.4, 0.5) is 5.95 Å². The summed E-state index contributed by atoms with van der Waals surface area (Å²) in [5, 5.41) is 0.721. The third-order valence-corrected chi connectivity index (χ3v) is 5.72. The highest BCUT2D eigenvalue weighted by Crippen LogP contribution is 2.29. The molecule has 0 N–H and O–H groups in total. The van der Waals surface area contributed by atoms with Crippen LogP contribution in [0.5, 0.6) is 5.75 Å². The third kappa shape index (κ3) is 4.90. The lowest BCUT2D eigenvalue weighted by molar-refractivity contribution is 0.170. The quantitative estimate of drug-likeness (QED) is 0.771. The molecule has 0 amide bonds. The van der Waals surface area contributed by atoms with Gasteiger partial charge in [-0.05, 0) is 49.7 Å². The second kappa shape index (κ2) is 8.89. The minimum Gasteiger partial charge on any atom is -0.489 e. The van der Waals surface area contributed by atoms with Crippen molar-refractivity contribution in [3.05, 3.63) is 47.2 Å². The number of hydrogen-bond acceptors (Lipinski definition) is 5. The van der Waals surface area contributed by atoms with Gasteiger partial charge in [-0.3, -0.25) is 4.90 Å². The second-order valence-electron chi connectivity index (χ2n) is 7.45. The molecular formula is C21H27ClN4O. The van der Waals surface area contributed by atoms with Crippen molar-refractivity contribution in [2.45, 2.75) is 44.8 Å². The van der Waals surface area contributed by atoms with E-state index in [9.17, 15) is 0 Å². The standard InChI is InChI=1S/C21H27ClN4O/c22-19-15-17(16-25-11-2-1-3-12-25)5-6-20(19)27-18-7-13-26(14-8-18)21-23-9-4-10-24-21/h4-6,9-10,15,18H,1-3,7-8,11-14,16H2. The van der Waals surface area contributed by atoms with Gasteiger partial charge in [0.1, 0.15) is 11.9 Å². The van der Waals surface area contributed by atoms with Crippen molar-refractivity contribution in [1.29, 1.82) is 0 Å². The van der Waals surface area contributed by atoms with Gasteiger partial charge in [-0.15, -0.1) is 0 Å². The molecular weight excluding hydrogens is 360 g/mol. The van der Waals surface area contributed by atoms with Crippen LogP contribution in [0.25, 0.3) is 0 Å². The van der Waals surface area contributed by atoms with Crippen LogP contribution in [0, 0.1) is 0 Å². The van der Waals surface area contributed by atoms with Crippen molar-refractivity contribution >= 4 is 17.5 Å². The molecule has 2 fully saturated rings. The van der Waals surface area contributed by atoms with Gasteiger partial charge in [0.25, 0.3) is 0 Å². The number of nitrogens with zero attached hydrogens (tertiary/aromatic N) is 4. The molecule has 0 saturated carbocycles. The summed E-state index contributed by atoms with van der Waals surface area (Å²) in [7, 11) is 0. The summed E-state index contributed by atoms with van der Waals surface area (Å²) in [5.41, 5.74) is 1.27. The molecule has 0 radical (unpaired) electrons. The highest BCUT2D eigenvalue weighted by molar-refractivity contribution is 6.32. The number of benzene rings is 1. The highest BCUT2D eigenvalue weighted by Gasteiger charge is 2.23. The molecule has 2 saturated heterocycles. The van der Waals surface area contributed by atoms with Crippen LogP contribution in [0.15, 0.2) is 36.7 Å². The Labute approximate surface area is 166 Å². The Morgan fingerprint density at radius 1 is 1.00 bits per heavy atom. The summed E-state index contributed by atoms with van der Waals surface area (Å²) in [4.78, 5) is 13.4. The minimum absolute atomic E-state index is 0.190. The van der Waals surface area contributed by atoms with Crippen LogP contribution in [0.2, 0.25) is 5.02 Å². The average Bonchev–Trinajstić information content (AvgIpc) is 2.72. The van der Waals surface area contributed by atoms with E-state index < -0.39 is 0 Å². The van der Waals surface area contributed by atoms with E-state index in [1.54, 1.807) is 12.4 Å². The lowest BCUT2D eigenvalue weighted by atomic mass is 10.1. The molecule has 0 atom stereocenters. The fourth-order valence-electron chi connectivity index (χ4n) is 3.92. The lowest BCUT2D eigenvalue weighted by Crippen LogP contribution is -2.39. The SMILES string of the molecule is Clc1cc(CN2CCCCC2)ccc1OC1CCN(c2ncccn2)CC1. The number of ether oxygens (including phenoxy) is 1. The monoisotopic (exact) mass is 386 g/mol. The van der Waals surface area contributed by atoms with Gasteiger partial charge >= 0.3 is 0 Å². The van der Waals surface area contributed by atoms with E-state index in [-0.39, 0.29) is 6.10 Å². The van der Waals surface area contributed by atoms with Crippen molar-refractivity contribution in [1.82, 2.24) is 14.9 Å². The molecule has 0 aliphatic carbocycles. The van der Waals surface area contributed by atoms with E-state index in [4.69, 9.17) is 16.3 Å². The topological polar surface area (TPSA) is 41.5 Å². The highest BCUT2D eigenvalue weighted by atomic mass is 35.5. The molecule has 2 aliphatic heterocycles. The Kier molecular flexibility index (Phi) is 6.10. The Bertz CT molecular complexity index is 728. The number of rotatable bonds is 5. The Hall–Kier alpha value is -1.85. The number of aromatic nitrogens is 2. The zero-order chi connectivity index (χ0) is 18.5. The maximum atomic E-state index is 6.52. The van der Waals surface area contributed by atoms with Crippen molar-refractivity contribution in [2.75, 3.05) is 31.1 Å². The summed E-state index contributed by atoms with van der Waals surface area (Å²) < 4.78 is 6.20. The van der Waals surface area contributed by atoms with Crippen molar-refractivity contribution in [3.8, 4) is 5.75 Å². The first-order valence-electron chi connectivity index (χ1n) is 9.97. The number of piperidine rings is 2. The van der Waals surface area contributed by atoms with E-state index in [1.165, 1.54) is 37.9 Å². The Morgan fingerprint density at radius 3 is 2.44 bits per heavy atom. The second-order valence-corrected chi connectivity index (χ2v) is 7.86. The summed E-state index contributed by atoms with van der Waals surface area (Å²) >= 11 is 6.52. The van der Waals surface area contributed by atoms with Crippen LogP contribution in [0.3, 0.4) is 0 Å². The predicted octanol–water partition coefficient (Wildman–Crippen LogP) is 4.16. The Morgan fingerprint density at radius 2 is 1.74 bits per heavy atom. The van der Waals surface area contributed by atoms with Gasteiger partial charge in [0.2, 0.25) is 5.95 Å². The van der Waals surface area contributed by atoms with E-state index in [2.05, 4.69) is 31.9 Å². The van der Waals surface area contributed by atoms with Crippen molar-refractivity contribution in [3.63, 3.8) is 0 Å². The average molecular weight is 387 g/mol. The van der Waals surface area contributed by atoms with E-state index in [0.29, 0.717) is 0 Å². The number of likely N-dealkylation sites (tertiary alicyclic amines) is 1. The molecule has 0 unspecified atom stereocenters. The molecule has 0 spiro atoms. The van der Waals surface area contributed by atoms with E-state index in [0.717, 1.165) is 49.2 Å². The molecule has 1 aromatic carbocycles. The summed E-state index contributed by atoms with van der Waals surface area (Å²) in [5.74, 6) is 1.60. The first kappa shape index (κ1) is 18.5. The van der Waals surface area contributed by atoms with Gasteiger partial charge in [-0.2, -0.15) is 0 Å². The molecule has 2 aromatic rings. The van der Waals surface area contributed by atoms with E-state index in [1.807, 2.05) is 12.1 Å². The Balaban J connectivity index is 1.30. The predicted molar refractivity (Wildman–Crippen MR) is 108 cm³/mol. The number of hydrogen-bond donors (Lipinski definition) is 0. The molecule has 2 aliphatic rings. The number of halogens is 1. The summed E-state index contributed by atoms with van der Waals surface area (Å²) in [6.07, 6.45) is 9.64. The number of anilines is 1. The molecule has 27 heavy (non-hydrogen) atoms. The fraction of sp³-hybridized carbons (Fsp3) is 0.524. The van der Waals surface area contributed by atoms with Crippen LogP contribution in [-0.4, -0.2) is 47.2 Å². The van der Waals surface area contributed by atoms with Gasteiger partial charge in [-0.25, -0.2) is 9.97 Å². The minimum atomic E-state index is 0.190. The van der Waals surface area contributed by atoms with Crippen molar-refractivity contribution in [2.24, 2.45) is 0 Å². The third-order valence-electron chi connectivity index (χ3n) is 5.42. The molecule has 4 rings (SSSR count). The fourth-order valence-corrected chi connectivity index (χ4v) is 4.17. The first-order valence-corrected chi connectivity index (χ1v) is 10.3. The largest absolute Gasteiger partial charge is 0.489 e. The van der Waals surface area contributed by atoms with Crippen LogP contribution in [0.1, 0.15) is 37.7 Å². The maximum Gasteiger partial charge on any atom is 0.225 e. The van der Waals surface area contributed by atoms with Gasteiger partial charge < -0.3 is 9.64 Å². The van der Waals surface area contributed by atoms with Crippen LogP contribution >= 0.6 is 11.6 Å². The van der Waals surface area contributed by atoms with E-state index >= 15 is 0 Å². The molecule has 144 valence electrons. The van der Waals surface area contributed by atoms with Gasteiger partial charge in [-0.1, -0.05) is 24.1 Å². The zero-order valence-corrected chi connectivity index (χ0v) is 16.4. The lowest BCUT2D eigenvalue weighted by Gasteiger charge is -2.32. The first-order chi connectivity index (χ1) is 13.3. The summed E-state index contributed by atoms with van der Waals surface area (Å²) in [6.45, 7) is 5.17. The molecule has 0 bridgehead atoms. The van der Waals surface area contributed by atoms with Crippen LogP contribution < -0.4 is 9.64 Å². The molecule has 6 heteroatoms. The molecule has 5 nitrogen and oxygen atoms in total. The molecule has 1 aromatic heterocycles. The maximum absolute atomic E-state index is 6.52. The summed E-state index contributed by atoms with van der Waals surface area (Å²) in [6, 6.07) is 8.10. The smallest absolute Gasteiger partial charge is 0.225 e. The van der Waals surface area contributed by atoms with Gasteiger partial charge in [0.05, 0.1) is 5.02 Å². The van der Waals surface area contributed by atoms with Gasteiger partial charge in [0.15, 0.2) is 0 Å². The van der Waals surface area contributed by atoms with Crippen LogP contribution in [-0.2, 0) is 6.54 Å².